The smallest absolute Gasteiger partial charge is 0.356 e. The summed E-state index contributed by atoms with van der Waals surface area (Å²) >= 11 is 0. The molecule has 4 heterocycles. The van der Waals surface area contributed by atoms with Gasteiger partial charge in [0.05, 0.1) is 25.7 Å². The summed E-state index contributed by atoms with van der Waals surface area (Å²) in [6.45, 7) is 4.96. The van der Waals surface area contributed by atoms with E-state index in [0.29, 0.717) is 64.0 Å². The van der Waals surface area contributed by atoms with Gasteiger partial charge in [-0.15, -0.1) is 0 Å². The van der Waals surface area contributed by atoms with Crippen LogP contribution in [0.1, 0.15) is 22.6 Å². The topological polar surface area (TPSA) is 114 Å². The third-order valence-corrected chi connectivity index (χ3v) is 5.92. The molecule has 0 aliphatic carbocycles. The van der Waals surface area contributed by atoms with Gasteiger partial charge in [0.1, 0.15) is 0 Å². The standard InChI is InChI=1S/C19H25N5O5/c1-12-7-14(16(26)28-2)22-18(21-12)24-8-13-9-29-11-19(13,10-24)17(27)23-5-3-15(25)20-4-6-23/h7,13H,3-6,8-11H2,1-2H3,(H,20,25)/t13-,19-/m0/s1. The number of aryl methyl sites for hydroxylation is 1. The summed E-state index contributed by atoms with van der Waals surface area (Å²) in [5.74, 6) is -0.118. The molecule has 156 valence electrons. The quantitative estimate of drug-likeness (QED) is 0.664. The third-order valence-electron chi connectivity index (χ3n) is 5.92. The predicted octanol–water partition coefficient (Wildman–Crippen LogP) is -0.627. The number of hydrogen-bond acceptors (Lipinski definition) is 8. The van der Waals surface area contributed by atoms with Crippen LogP contribution in [0.25, 0.3) is 0 Å². The van der Waals surface area contributed by atoms with Gasteiger partial charge >= 0.3 is 5.97 Å². The highest BCUT2D eigenvalue weighted by atomic mass is 16.5. The maximum absolute atomic E-state index is 13.5. The molecule has 2 atom stereocenters. The van der Waals surface area contributed by atoms with Gasteiger partial charge in [-0.2, -0.15) is 0 Å². The lowest BCUT2D eigenvalue weighted by Crippen LogP contribution is -2.49. The van der Waals surface area contributed by atoms with Crippen molar-refractivity contribution in [2.75, 3.05) is 57.9 Å². The fraction of sp³-hybridized carbons (Fsp3) is 0.632. The zero-order valence-corrected chi connectivity index (χ0v) is 16.6. The Morgan fingerprint density at radius 3 is 2.97 bits per heavy atom. The fourth-order valence-electron chi connectivity index (χ4n) is 4.38. The summed E-state index contributed by atoms with van der Waals surface area (Å²) in [4.78, 5) is 49.6. The molecule has 3 aliphatic heterocycles. The first-order valence-corrected chi connectivity index (χ1v) is 9.76. The van der Waals surface area contributed by atoms with E-state index in [1.807, 2.05) is 4.90 Å². The number of esters is 1. The van der Waals surface area contributed by atoms with Gasteiger partial charge in [-0.25, -0.2) is 14.8 Å². The van der Waals surface area contributed by atoms with Gasteiger partial charge in [0.2, 0.25) is 17.8 Å². The Kier molecular flexibility index (Phi) is 5.12. The van der Waals surface area contributed by atoms with E-state index in [0.717, 1.165) is 0 Å². The normalized spacial score (nSPS) is 26.7. The number of carbonyl (C=O) groups excluding carboxylic acids is 3. The number of anilines is 1. The Morgan fingerprint density at radius 2 is 2.17 bits per heavy atom. The van der Waals surface area contributed by atoms with Crippen molar-refractivity contribution in [1.29, 1.82) is 0 Å². The SMILES string of the molecule is COC(=O)c1cc(C)nc(N2C[C@H]3COC[C@@]3(C(=O)N3CCNC(=O)CC3)C2)n1. The largest absolute Gasteiger partial charge is 0.464 e. The van der Waals surface area contributed by atoms with E-state index >= 15 is 0 Å². The average molecular weight is 403 g/mol. The Balaban J connectivity index is 1.58. The van der Waals surface area contributed by atoms with E-state index in [1.54, 1.807) is 17.9 Å². The van der Waals surface area contributed by atoms with E-state index in [-0.39, 0.29) is 23.4 Å². The molecule has 0 aromatic carbocycles. The summed E-state index contributed by atoms with van der Waals surface area (Å²) in [7, 11) is 1.31. The molecule has 1 aromatic heterocycles. The van der Waals surface area contributed by atoms with Crippen LogP contribution < -0.4 is 10.2 Å². The molecule has 10 heteroatoms. The van der Waals surface area contributed by atoms with Gasteiger partial charge < -0.3 is 24.6 Å². The molecule has 3 fully saturated rings. The molecule has 4 rings (SSSR count). The molecule has 1 N–H and O–H groups in total. The van der Waals surface area contributed by atoms with Crippen molar-refractivity contribution in [1.82, 2.24) is 20.2 Å². The summed E-state index contributed by atoms with van der Waals surface area (Å²) in [6.07, 6.45) is 0.306. The minimum absolute atomic E-state index is 0.00704. The summed E-state index contributed by atoms with van der Waals surface area (Å²) in [5, 5.41) is 2.80. The lowest BCUT2D eigenvalue weighted by atomic mass is 9.79. The third kappa shape index (κ3) is 3.52. The van der Waals surface area contributed by atoms with Gasteiger partial charge in [0.15, 0.2) is 5.69 Å². The number of aromatic nitrogens is 2. The fourth-order valence-corrected chi connectivity index (χ4v) is 4.38. The van der Waals surface area contributed by atoms with Crippen molar-refractivity contribution in [3.8, 4) is 0 Å². The molecule has 0 bridgehead atoms. The van der Waals surface area contributed by atoms with Crippen LogP contribution >= 0.6 is 0 Å². The predicted molar refractivity (Wildman–Crippen MR) is 101 cm³/mol. The first-order chi connectivity index (χ1) is 13.9. The van der Waals surface area contributed by atoms with Crippen molar-refractivity contribution >= 4 is 23.7 Å². The monoisotopic (exact) mass is 403 g/mol. The second kappa shape index (κ2) is 7.58. The Bertz CT molecular complexity index is 846. The number of rotatable bonds is 3. The van der Waals surface area contributed by atoms with E-state index in [4.69, 9.17) is 9.47 Å². The maximum Gasteiger partial charge on any atom is 0.356 e. The van der Waals surface area contributed by atoms with E-state index < -0.39 is 11.4 Å². The first kappa shape index (κ1) is 19.6. The van der Waals surface area contributed by atoms with Crippen LogP contribution in [-0.2, 0) is 19.1 Å². The number of ether oxygens (including phenoxy) is 2. The number of nitrogens with one attached hydrogen (secondary N) is 1. The minimum atomic E-state index is -0.689. The Labute approximate surface area is 168 Å². The van der Waals surface area contributed by atoms with Gasteiger partial charge in [-0.1, -0.05) is 0 Å². The number of hydrogen-bond donors (Lipinski definition) is 1. The van der Waals surface area contributed by atoms with Crippen LogP contribution in [0.3, 0.4) is 0 Å². The molecule has 3 aliphatic rings. The molecule has 3 saturated heterocycles. The van der Waals surface area contributed by atoms with E-state index in [2.05, 4.69) is 15.3 Å². The lowest BCUT2D eigenvalue weighted by molar-refractivity contribution is -0.142. The second-order valence-electron chi connectivity index (χ2n) is 7.83. The molecule has 0 saturated carbocycles. The van der Waals surface area contributed by atoms with E-state index in [1.165, 1.54) is 7.11 Å². The van der Waals surface area contributed by atoms with Crippen LogP contribution in [-0.4, -0.2) is 85.7 Å². The van der Waals surface area contributed by atoms with Crippen molar-refractivity contribution in [3.63, 3.8) is 0 Å². The summed E-state index contributed by atoms with van der Waals surface area (Å²) in [5.41, 5.74) is 0.160. The molecule has 1 aromatic rings. The molecule has 2 amide bonds. The number of fused-ring (bicyclic) bond motifs is 1. The zero-order chi connectivity index (χ0) is 20.6. The molecule has 0 unspecified atom stereocenters. The average Bonchev–Trinajstić information content (AvgIpc) is 3.19. The number of carbonyl (C=O) groups is 3. The molecular formula is C19H25N5O5. The Hall–Kier alpha value is -2.75. The van der Waals surface area contributed by atoms with Gasteiger partial charge in [-0.3, -0.25) is 9.59 Å². The number of amides is 2. The molecule has 10 nitrogen and oxygen atoms in total. The highest BCUT2D eigenvalue weighted by Gasteiger charge is 2.57. The lowest BCUT2D eigenvalue weighted by Gasteiger charge is -2.32. The van der Waals surface area contributed by atoms with E-state index in [9.17, 15) is 14.4 Å². The van der Waals surface area contributed by atoms with Crippen molar-refractivity contribution < 1.29 is 23.9 Å². The van der Waals surface area contributed by atoms with Gasteiger partial charge in [0.25, 0.3) is 0 Å². The van der Waals surface area contributed by atoms with Crippen LogP contribution in [0, 0.1) is 18.3 Å². The zero-order valence-electron chi connectivity index (χ0n) is 16.6. The molecule has 0 radical (unpaired) electrons. The van der Waals surface area contributed by atoms with Crippen molar-refractivity contribution in [3.05, 3.63) is 17.5 Å². The number of methoxy groups -OCH3 is 1. The van der Waals surface area contributed by atoms with Crippen LogP contribution in [0.15, 0.2) is 6.07 Å². The second-order valence-corrected chi connectivity index (χ2v) is 7.83. The summed E-state index contributed by atoms with van der Waals surface area (Å²) < 4.78 is 10.5. The van der Waals surface area contributed by atoms with Crippen molar-refractivity contribution in [2.24, 2.45) is 11.3 Å². The molecular weight excluding hydrogens is 378 g/mol. The maximum atomic E-state index is 13.5. The molecule has 29 heavy (non-hydrogen) atoms. The minimum Gasteiger partial charge on any atom is -0.464 e. The number of nitrogens with zero attached hydrogens (tertiary/aromatic N) is 4. The van der Waals surface area contributed by atoms with Crippen molar-refractivity contribution in [2.45, 2.75) is 13.3 Å². The Morgan fingerprint density at radius 1 is 1.34 bits per heavy atom. The first-order valence-electron chi connectivity index (χ1n) is 9.76. The van der Waals surface area contributed by atoms with Crippen LogP contribution in [0.2, 0.25) is 0 Å². The van der Waals surface area contributed by atoms with Gasteiger partial charge in [-0.05, 0) is 13.0 Å². The molecule has 0 spiro atoms. The highest BCUT2D eigenvalue weighted by Crippen LogP contribution is 2.43. The van der Waals surface area contributed by atoms with Gasteiger partial charge in [0, 0.05) is 50.8 Å². The van der Waals surface area contributed by atoms with Crippen LogP contribution in [0.5, 0.6) is 0 Å². The highest BCUT2D eigenvalue weighted by molar-refractivity contribution is 5.88. The van der Waals surface area contributed by atoms with Crippen LogP contribution in [0.4, 0.5) is 5.95 Å². The summed E-state index contributed by atoms with van der Waals surface area (Å²) in [6, 6.07) is 1.58.